The maximum atomic E-state index is 11.6. The zero-order chi connectivity index (χ0) is 15.7. The van der Waals surface area contributed by atoms with Crippen LogP contribution in [0.25, 0.3) is 5.65 Å². The molecule has 3 rings (SSSR count). The monoisotopic (exact) mass is 301 g/mol. The van der Waals surface area contributed by atoms with Crippen LogP contribution in [0.2, 0.25) is 0 Å². The first-order chi connectivity index (χ1) is 10.6. The molecule has 0 aromatic carbocycles. The molecule has 22 heavy (non-hydrogen) atoms. The molecule has 5 heteroatoms. The van der Waals surface area contributed by atoms with Crippen LogP contribution in [0.5, 0.6) is 0 Å². The minimum absolute atomic E-state index is 0.0530. The third kappa shape index (κ3) is 2.98. The van der Waals surface area contributed by atoms with Gasteiger partial charge in [0.1, 0.15) is 0 Å². The summed E-state index contributed by atoms with van der Waals surface area (Å²) in [5, 5.41) is 4.68. The average Bonchev–Trinajstić information content (AvgIpc) is 2.88. The Hall–Kier alpha value is -1.91. The summed E-state index contributed by atoms with van der Waals surface area (Å²) in [6, 6.07) is 2.15. The minimum Gasteiger partial charge on any atom is -0.469 e. The molecule has 2 heterocycles. The standard InChI is InChI=1S/C17H23N3O2/c1-11-8-15(19-20-10-12(2)18-16(11)20)9-13-4-6-14(7-5-13)17(21)22-3/h8,10,13-14H,4-7,9H2,1-3H3. The lowest BCUT2D eigenvalue weighted by molar-refractivity contribution is -0.146. The van der Waals surface area contributed by atoms with Crippen molar-refractivity contribution in [1.82, 2.24) is 14.6 Å². The van der Waals surface area contributed by atoms with Gasteiger partial charge in [0.05, 0.1) is 30.6 Å². The Kier molecular flexibility index (Phi) is 4.14. The lowest BCUT2D eigenvalue weighted by Crippen LogP contribution is -2.24. The fourth-order valence-corrected chi connectivity index (χ4v) is 3.48. The van der Waals surface area contributed by atoms with E-state index < -0.39 is 0 Å². The number of hydrogen-bond acceptors (Lipinski definition) is 4. The van der Waals surface area contributed by atoms with Crippen molar-refractivity contribution in [3.63, 3.8) is 0 Å². The lowest BCUT2D eigenvalue weighted by Gasteiger charge is -2.26. The number of aromatic nitrogens is 3. The number of carbonyl (C=O) groups is 1. The Balaban J connectivity index is 1.68. The van der Waals surface area contributed by atoms with E-state index in [0.717, 1.165) is 49.1 Å². The molecule has 5 nitrogen and oxygen atoms in total. The zero-order valence-corrected chi connectivity index (χ0v) is 13.5. The van der Waals surface area contributed by atoms with E-state index in [4.69, 9.17) is 4.74 Å². The van der Waals surface area contributed by atoms with Gasteiger partial charge in [0.2, 0.25) is 0 Å². The number of ether oxygens (including phenoxy) is 1. The quantitative estimate of drug-likeness (QED) is 0.818. The van der Waals surface area contributed by atoms with Crippen molar-refractivity contribution in [2.45, 2.75) is 46.0 Å². The Morgan fingerprint density at radius 3 is 2.73 bits per heavy atom. The number of carbonyl (C=O) groups excluding carboxylic acids is 1. The Morgan fingerprint density at radius 2 is 2.05 bits per heavy atom. The molecule has 2 aromatic heterocycles. The van der Waals surface area contributed by atoms with Gasteiger partial charge in [-0.25, -0.2) is 9.50 Å². The Morgan fingerprint density at radius 1 is 1.32 bits per heavy atom. The molecule has 0 spiro atoms. The molecule has 0 unspecified atom stereocenters. The normalized spacial score (nSPS) is 22.0. The van der Waals surface area contributed by atoms with Crippen LogP contribution in [-0.2, 0) is 16.0 Å². The molecule has 1 saturated carbocycles. The lowest BCUT2D eigenvalue weighted by atomic mass is 9.80. The van der Waals surface area contributed by atoms with E-state index in [2.05, 4.69) is 23.1 Å². The molecule has 0 aliphatic heterocycles. The summed E-state index contributed by atoms with van der Waals surface area (Å²) in [4.78, 5) is 16.1. The predicted molar refractivity (Wildman–Crippen MR) is 83.6 cm³/mol. The third-order valence-corrected chi connectivity index (χ3v) is 4.66. The number of rotatable bonds is 3. The van der Waals surface area contributed by atoms with Crippen molar-refractivity contribution in [3.05, 3.63) is 29.2 Å². The molecule has 0 N–H and O–H groups in total. The van der Waals surface area contributed by atoms with Crippen molar-refractivity contribution < 1.29 is 9.53 Å². The van der Waals surface area contributed by atoms with Crippen LogP contribution >= 0.6 is 0 Å². The second-order valence-electron chi connectivity index (χ2n) is 6.41. The third-order valence-electron chi connectivity index (χ3n) is 4.66. The first-order valence-electron chi connectivity index (χ1n) is 7.97. The molecule has 1 fully saturated rings. The molecular formula is C17H23N3O2. The average molecular weight is 301 g/mol. The van der Waals surface area contributed by atoms with Gasteiger partial charge in [0.25, 0.3) is 0 Å². The van der Waals surface area contributed by atoms with E-state index >= 15 is 0 Å². The molecule has 0 atom stereocenters. The predicted octanol–water partition coefficient (Wildman–Crippen LogP) is 2.87. The highest BCUT2D eigenvalue weighted by Crippen LogP contribution is 2.31. The van der Waals surface area contributed by atoms with Gasteiger partial charge in [0, 0.05) is 0 Å². The van der Waals surface area contributed by atoms with Crippen molar-refractivity contribution in [2.24, 2.45) is 11.8 Å². The molecule has 0 bridgehead atoms. The topological polar surface area (TPSA) is 56.5 Å². The fraction of sp³-hybridized carbons (Fsp3) is 0.588. The van der Waals surface area contributed by atoms with E-state index in [1.54, 1.807) is 0 Å². The fourth-order valence-electron chi connectivity index (χ4n) is 3.48. The highest BCUT2D eigenvalue weighted by atomic mass is 16.5. The van der Waals surface area contributed by atoms with Crippen LogP contribution in [0.4, 0.5) is 0 Å². The summed E-state index contributed by atoms with van der Waals surface area (Å²) < 4.78 is 6.74. The molecular weight excluding hydrogens is 278 g/mol. The van der Waals surface area contributed by atoms with Gasteiger partial charge in [-0.2, -0.15) is 5.10 Å². The molecule has 2 aromatic rings. The molecule has 118 valence electrons. The minimum atomic E-state index is -0.0530. The summed E-state index contributed by atoms with van der Waals surface area (Å²) >= 11 is 0. The number of imidazole rings is 1. The summed E-state index contributed by atoms with van der Waals surface area (Å²) in [7, 11) is 1.48. The SMILES string of the molecule is COC(=O)C1CCC(Cc2cc(C)c3nc(C)cn3n2)CC1. The van der Waals surface area contributed by atoms with Crippen LogP contribution in [-0.4, -0.2) is 27.7 Å². The number of methoxy groups -OCH3 is 1. The van der Waals surface area contributed by atoms with E-state index in [0.29, 0.717) is 5.92 Å². The van der Waals surface area contributed by atoms with Crippen LogP contribution in [0, 0.1) is 25.7 Å². The number of nitrogens with zero attached hydrogens (tertiary/aromatic N) is 3. The van der Waals surface area contributed by atoms with Crippen LogP contribution in [0.1, 0.15) is 42.6 Å². The second-order valence-corrected chi connectivity index (χ2v) is 6.41. The first kappa shape index (κ1) is 15.0. The molecule has 0 saturated heterocycles. The number of fused-ring (bicyclic) bond motifs is 1. The highest BCUT2D eigenvalue weighted by Gasteiger charge is 2.27. The van der Waals surface area contributed by atoms with Gasteiger partial charge >= 0.3 is 5.97 Å². The summed E-state index contributed by atoms with van der Waals surface area (Å²) in [5.74, 6) is 0.646. The summed E-state index contributed by atoms with van der Waals surface area (Å²) in [5.41, 5.74) is 4.22. The van der Waals surface area contributed by atoms with Crippen molar-refractivity contribution in [3.8, 4) is 0 Å². The van der Waals surface area contributed by atoms with Crippen molar-refractivity contribution in [2.75, 3.05) is 7.11 Å². The summed E-state index contributed by atoms with van der Waals surface area (Å²) in [6.07, 6.45) is 6.95. The van der Waals surface area contributed by atoms with Crippen molar-refractivity contribution >= 4 is 11.6 Å². The van der Waals surface area contributed by atoms with Crippen LogP contribution < -0.4 is 0 Å². The number of hydrogen-bond donors (Lipinski definition) is 0. The van der Waals surface area contributed by atoms with Gasteiger partial charge < -0.3 is 4.74 Å². The molecule has 0 amide bonds. The maximum Gasteiger partial charge on any atom is 0.308 e. The van der Waals surface area contributed by atoms with E-state index in [1.807, 2.05) is 17.6 Å². The highest BCUT2D eigenvalue weighted by molar-refractivity contribution is 5.72. The van der Waals surface area contributed by atoms with Gasteiger partial charge in [-0.3, -0.25) is 4.79 Å². The second kappa shape index (κ2) is 6.07. The number of esters is 1. The Labute approximate surface area is 130 Å². The van der Waals surface area contributed by atoms with Gasteiger partial charge in [-0.1, -0.05) is 0 Å². The zero-order valence-electron chi connectivity index (χ0n) is 13.5. The van der Waals surface area contributed by atoms with E-state index in [1.165, 1.54) is 12.7 Å². The Bertz CT molecular complexity index is 685. The summed E-state index contributed by atoms with van der Waals surface area (Å²) in [6.45, 7) is 4.07. The van der Waals surface area contributed by atoms with Crippen LogP contribution in [0.15, 0.2) is 12.3 Å². The van der Waals surface area contributed by atoms with E-state index in [-0.39, 0.29) is 11.9 Å². The largest absolute Gasteiger partial charge is 0.469 e. The molecule has 0 radical (unpaired) electrons. The van der Waals surface area contributed by atoms with Gasteiger partial charge in [-0.15, -0.1) is 0 Å². The van der Waals surface area contributed by atoms with Crippen LogP contribution in [0.3, 0.4) is 0 Å². The molecule has 1 aliphatic carbocycles. The van der Waals surface area contributed by atoms with Crippen molar-refractivity contribution in [1.29, 1.82) is 0 Å². The van der Waals surface area contributed by atoms with E-state index in [9.17, 15) is 4.79 Å². The molecule has 1 aliphatic rings. The maximum absolute atomic E-state index is 11.6. The van der Waals surface area contributed by atoms with Gasteiger partial charge in [0.15, 0.2) is 5.65 Å². The number of aryl methyl sites for hydroxylation is 2. The smallest absolute Gasteiger partial charge is 0.308 e. The first-order valence-corrected chi connectivity index (χ1v) is 7.97. The van der Waals surface area contributed by atoms with Gasteiger partial charge in [-0.05, 0) is 63.5 Å².